The highest BCUT2D eigenvalue weighted by Crippen LogP contribution is 2.31. The molecular weight excluding hydrogens is 314 g/mol. The van der Waals surface area contributed by atoms with Gasteiger partial charge in [0.15, 0.2) is 0 Å². The van der Waals surface area contributed by atoms with E-state index in [4.69, 9.17) is 0 Å². The maximum absolute atomic E-state index is 12.5. The zero-order valence-corrected chi connectivity index (χ0v) is 14.9. The molecule has 3 amide bonds. The summed E-state index contributed by atoms with van der Waals surface area (Å²) in [7, 11) is 0. The summed E-state index contributed by atoms with van der Waals surface area (Å²) in [5, 5.41) is 5.98. The zero-order valence-electron chi connectivity index (χ0n) is 14.9. The molecule has 3 rings (SSSR count). The first-order chi connectivity index (χ1) is 12.2. The van der Waals surface area contributed by atoms with Gasteiger partial charge in [-0.1, -0.05) is 62.4 Å². The Morgan fingerprint density at radius 2 is 1.92 bits per heavy atom. The van der Waals surface area contributed by atoms with Gasteiger partial charge in [-0.05, 0) is 24.3 Å². The van der Waals surface area contributed by atoms with Crippen molar-refractivity contribution in [3.05, 3.63) is 35.9 Å². The minimum atomic E-state index is -0.134. The molecule has 136 valence electrons. The van der Waals surface area contributed by atoms with E-state index in [0.717, 1.165) is 18.4 Å². The number of nitrogens with one attached hydrogen (secondary N) is 2. The first-order valence-corrected chi connectivity index (χ1v) is 9.59. The van der Waals surface area contributed by atoms with Crippen LogP contribution in [0.2, 0.25) is 0 Å². The van der Waals surface area contributed by atoms with Crippen LogP contribution >= 0.6 is 0 Å². The van der Waals surface area contributed by atoms with E-state index in [1.165, 1.54) is 32.1 Å². The number of rotatable bonds is 6. The van der Waals surface area contributed by atoms with Crippen molar-refractivity contribution < 1.29 is 9.59 Å². The highest BCUT2D eigenvalue weighted by Gasteiger charge is 2.24. The third-order valence-corrected chi connectivity index (χ3v) is 5.33. The van der Waals surface area contributed by atoms with Crippen LogP contribution in [0.1, 0.15) is 56.6 Å². The number of hydrogen-bond acceptors (Lipinski definition) is 2. The van der Waals surface area contributed by atoms with Gasteiger partial charge in [0.25, 0.3) is 0 Å². The number of benzene rings is 1. The van der Waals surface area contributed by atoms with Crippen LogP contribution in [0.5, 0.6) is 0 Å². The van der Waals surface area contributed by atoms with E-state index in [-0.39, 0.29) is 24.5 Å². The fraction of sp³-hybridized carbons (Fsp3) is 0.600. The summed E-state index contributed by atoms with van der Waals surface area (Å²) in [6.07, 6.45) is 8.33. The summed E-state index contributed by atoms with van der Waals surface area (Å²) in [5.74, 6) is 0.610. The van der Waals surface area contributed by atoms with Gasteiger partial charge < -0.3 is 15.5 Å². The molecule has 0 bridgehead atoms. The Balaban J connectivity index is 1.62. The van der Waals surface area contributed by atoms with E-state index in [0.29, 0.717) is 19.0 Å². The van der Waals surface area contributed by atoms with Crippen LogP contribution in [0.15, 0.2) is 30.3 Å². The number of carbonyl (C=O) groups is 2. The van der Waals surface area contributed by atoms with Crippen molar-refractivity contribution >= 4 is 11.9 Å². The van der Waals surface area contributed by atoms with Gasteiger partial charge in [-0.3, -0.25) is 4.79 Å². The molecule has 0 spiro atoms. The zero-order chi connectivity index (χ0) is 17.5. The molecule has 2 aliphatic rings. The normalized spacial score (nSPS) is 20.0. The molecule has 0 radical (unpaired) electrons. The Morgan fingerprint density at radius 1 is 1.16 bits per heavy atom. The summed E-state index contributed by atoms with van der Waals surface area (Å²) >= 11 is 0. The second-order valence-electron chi connectivity index (χ2n) is 7.28. The van der Waals surface area contributed by atoms with Crippen molar-refractivity contribution in [1.29, 1.82) is 0 Å². The number of hydrogen-bond donors (Lipinski definition) is 2. The second kappa shape index (κ2) is 8.88. The molecule has 1 atom stereocenters. The van der Waals surface area contributed by atoms with Crippen molar-refractivity contribution in [2.75, 3.05) is 19.6 Å². The quantitative estimate of drug-likeness (QED) is 0.833. The largest absolute Gasteiger partial charge is 0.348 e. The van der Waals surface area contributed by atoms with Gasteiger partial charge in [0.1, 0.15) is 6.54 Å². The number of carbonyl (C=O) groups excluding carboxylic acids is 2. The predicted molar refractivity (Wildman–Crippen MR) is 98.1 cm³/mol. The maximum atomic E-state index is 12.5. The van der Waals surface area contributed by atoms with Gasteiger partial charge in [-0.15, -0.1) is 0 Å². The van der Waals surface area contributed by atoms with Crippen molar-refractivity contribution in [1.82, 2.24) is 15.5 Å². The van der Waals surface area contributed by atoms with E-state index in [9.17, 15) is 9.59 Å². The highest BCUT2D eigenvalue weighted by molar-refractivity contribution is 5.84. The lowest BCUT2D eigenvalue weighted by molar-refractivity contribution is -0.122. The molecule has 1 saturated heterocycles. The fourth-order valence-corrected chi connectivity index (χ4v) is 3.96. The molecule has 1 unspecified atom stereocenters. The van der Waals surface area contributed by atoms with Crippen LogP contribution < -0.4 is 10.6 Å². The van der Waals surface area contributed by atoms with E-state index >= 15 is 0 Å². The van der Waals surface area contributed by atoms with Crippen LogP contribution in [-0.4, -0.2) is 36.5 Å². The average Bonchev–Trinajstić information content (AvgIpc) is 2.65. The molecule has 1 aliphatic carbocycles. The van der Waals surface area contributed by atoms with E-state index < -0.39 is 0 Å². The highest BCUT2D eigenvalue weighted by atomic mass is 16.2. The first-order valence-electron chi connectivity index (χ1n) is 9.59. The van der Waals surface area contributed by atoms with Gasteiger partial charge in [0.2, 0.25) is 5.91 Å². The Bertz CT molecular complexity index is 570. The molecule has 1 aliphatic heterocycles. The molecule has 1 aromatic carbocycles. The molecule has 25 heavy (non-hydrogen) atoms. The van der Waals surface area contributed by atoms with E-state index in [1.807, 2.05) is 18.2 Å². The van der Waals surface area contributed by atoms with Crippen LogP contribution in [-0.2, 0) is 4.79 Å². The second-order valence-corrected chi connectivity index (χ2v) is 7.28. The molecule has 1 aromatic rings. The molecule has 1 heterocycles. The van der Waals surface area contributed by atoms with Gasteiger partial charge in [-0.2, -0.15) is 0 Å². The predicted octanol–water partition coefficient (Wildman–Crippen LogP) is 3.23. The topological polar surface area (TPSA) is 61.4 Å². The summed E-state index contributed by atoms with van der Waals surface area (Å²) in [4.78, 5) is 26.0. The average molecular weight is 343 g/mol. The van der Waals surface area contributed by atoms with Crippen LogP contribution in [0, 0.1) is 5.92 Å². The Labute approximate surface area is 150 Å². The summed E-state index contributed by atoms with van der Waals surface area (Å²) in [6.45, 7) is 1.49. The summed E-state index contributed by atoms with van der Waals surface area (Å²) in [5.41, 5.74) is 1.16. The summed E-state index contributed by atoms with van der Waals surface area (Å²) < 4.78 is 0. The lowest BCUT2D eigenvalue weighted by Gasteiger charge is -2.30. The summed E-state index contributed by atoms with van der Waals surface area (Å²) in [6, 6.07) is 10.1. The van der Waals surface area contributed by atoms with Gasteiger partial charge >= 0.3 is 6.03 Å². The molecule has 2 N–H and O–H groups in total. The molecule has 0 aromatic heterocycles. The first kappa shape index (κ1) is 17.8. The minimum Gasteiger partial charge on any atom is -0.348 e. The van der Waals surface area contributed by atoms with E-state index in [1.54, 1.807) is 4.90 Å². The Morgan fingerprint density at radius 3 is 2.64 bits per heavy atom. The Hall–Kier alpha value is -2.04. The van der Waals surface area contributed by atoms with Crippen LogP contribution in [0.25, 0.3) is 0 Å². The Kier molecular flexibility index (Phi) is 6.31. The number of nitrogens with zero attached hydrogens (tertiary/aromatic N) is 1. The van der Waals surface area contributed by atoms with Gasteiger partial charge in [0.05, 0.1) is 6.04 Å². The van der Waals surface area contributed by atoms with Crippen LogP contribution in [0.3, 0.4) is 0 Å². The standard InChI is InChI=1S/C20H29N3O2/c24-19(15-23-13-7-12-21-20(23)25)22-18(17-10-5-2-6-11-17)14-16-8-3-1-4-9-16/h2,5-6,10-11,16,18H,1,3-4,7-9,12-15H2,(H,21,25)(H,22,24). The third-order valence-electron chi connectivity index (χ3n) is 5.33. The van der Waals surface area contributed by atoms with Crippen LogP contribution in [0.4, 0.5) is 4.79 Å². The minimum absolute atomic E-state index is 0.0321. The van der Waals surface area contributed by atoms with Crippen molar-refractivity contribution in [3.63, 3.8) is 0 Å². The van der Waals surface area contributed by atoms with Gasteiger partial charge in [0, 0.05) is 13.1 Å². The molecule has 5 heteroatoms. The molecule has 5 nitrogen and oxygen atoms in total. The molecular formula is C20H29N3O2. The number of urea groups is 1. The number of amides is 3. The maximum Gasteiger partial charge on any atom is 0.317 e. The lowest BCUT2D eigenvalue weighted by Crippen LogP contribution is -2.50. The van der Waals surface area contributed by atoms with Gasteiger partial charge in [-0.25, -0.2) is 4.79 Å². The van der Waals surface area contributed by atoms with E-state index in [2.05, 4.69) is 22.8 Å². The molecule has 2 fully saturated rings. The van der Waals surface area contributed by atoms with Crippen molar-refractivity contribution in [3.8, 4) is 0 Å². The fourth-order valence-electron chi connectivity index (χ4n) is 3.96. The monoisotopic (exact) mass is 343 g/mol. The van der Waals surface area contributed by atoms with Crippen molar-refractivity contribution in [2.45, 2.75) is 51.0 Å². The third kappa shape index (κ3) is 5.21. The smallest absolute Gasteiger partial charge is 0.317 e. The molecule has 1 saturated carbocycles. The van der Waals surface area contributed by atoms with Crippen molar-refractivity contribution in [2.24, 2.45) is 5.92 Å². The SMILES string of the molecule is O=C(CN1CCCNC1=O)NC(CC1CCCCC1)c1ccccc1. The lowest BCUT2D eigenvalue weighted by atomic mass is 9.83.